The summed E-state index contributed by atoms with van der Waals surface area (Å²) in [5, 5.41) is 7.75. The molecule has 0 radical (unpaired) electrons. The molecule has 0 aliphatic rings. The molecule has 0 saturated heterocycles. The van der Waals surface area contributed by atoms with Gasteiger partial charge >= 0.3 is 0 Å². The molecule has 0 aliphatic carbocycles. The summed E-state index contributed by atoms with van der Waals surface area (Å²) >= 11 is 14.3. The fourth-order valence-electron chi connectivity index (χ4n) is 0.361. The van der Waals surface area contributed by atoms with E-state index in [4.69, 9.17) is 36.7 Å². The SMILES string of the molecule is N.S=c1[nH][nH][nH]c(=S)c1=S. The van der Waals surface area contributed by atoms with Gasteiger partial charge in [0, 0.05) is 0 Å². The summed E-state index contributed by atoms with van der Waals surface area (Å²) in [5.41, 5.74) is 0. The summed E-state index contributed by atoms with van der Waals surface area (Å²) in [4.78, 5) is 0. The third-order valence-electron chi connectivity index (χ3n) is 0.765. The molecule has 0 unspecified atom stereocenters. The molecule has 1 heterocycles. The van der Waals surface area contributed by atoms with Crippen LogP contribution in [0.5, 0.6) is 0 Å². The van der Waals surface area contributed by atoms with Gasteiger partial charge in [-0.05, 0) is 0 Å². The molecule has 0 amide bonds. The maximum Gasteiger partial charge on any atom is 0.140 e. The first kappa shape index (κ1) is 9.63. The van der Waals surface area contributed by atoms with Gasteiger partial charge in [0.15, 0.2) is 0 Å². The molecule has 0 saturated carbocycles. The van der Waals surface area contributed by atoms with Crippen LogP contribution in [0.1, 0.15) is 0 Å². The topological polar surface area (TPSA) is 82.4 Å². The number of aromatic nitrogens is 3. The lowest BCUT2D eigenvalue weighted by atomic mass is 10.7. The van der Waals surface area contributed by atoms with Crippen molar-refractivity contribution in [2.24, 2.45) is 0 Å². The quantitative estimate of drug-likeness (QED) is 0.476. The van der Waals surface area contributed by atoms with Crippen molar-refractivity contribution in [3.63, 3.8) is 0 Å². The first-order valence-electron chi connectivity index (χ1n) is 2.11. The third-order valence-corrected chi connectivity index (χ3v) is 2.04. The predicted octanol–water partition coefficient (Wildman–Crippen LogP) is 2.02. The lowest BCUT2D eigenvalue weighted by molar-refractivity contribution is 0.843. The third kappa shape index (κ3) is 1.81. The Balaban J connectivity index is 0.000000810. The van der Waals surface area contributed by atoms with E-state index in [-0.39, 0.29) is 6.15 Å². The Morgan fingerprint density at radius 3 is 1.60 bits per heavy atom. The number of hydrogen-bond acceptors (Lipinski definition) is 4. The van der Waals surface area contributed by atoms with E-state index in [9.17, 15) is 0 Å². The summed E-state index contributed by atoms with van der Waals surface area (Å²) in [6, 6.07) is 0. The Morgan fingerprint density at radius 1 is 0.900 bits per heavy atom. The molecule has 1 rings (SSSR count). The average Bonchev–Trinajstić information content (AvgIpc) is 1.83. The summed E-state index contributed by atoms with van der Waals surface area (Å²) in [6.45, 7) is 0. The smallest absolute Gasteiger partial charge is 0.140 e. The summed E-state index contributed by atoms with van der Waals surface area (Å²) in [7, 11) is 0. The van der Waals surface area contributed by atoms with Crippen LogP contribution in [0.25, 0.3) is 0 Å². The number of nitrogens with one attached hydrogen (secondary N) is 3. The second-order valence-electron chi connectivity index (χ2n) is 1.36. The van der Waals surface area contributed by atoms with Gasteiger partial charge in [0.2, 0.25) is 0 Å². The van der Waals surface area contributed by atoms with Crippen molar-refractivity contribution >= 4 is 36.7 Å². The van der Waals surface area contributed by atoms with Gasteiger partial charge in [-0.25, -0.2) is 5.21 Å². The minimum Gasteiger partial charge on any atom is -0.344 e. The molecule has 0 aromatic carbocycles. The maximum absolute atomic E-state index is 4.80. The van der Waals surface area contributed by atoms with Gasteiger partial charge in [-0.15, -0.1) is 0 Å². The molecule has 56 valence electrons. The highest BCUT2D eigenvalue weighted by molar-refractivity contribution is 7.75. The minimum absolute atomic E-state index is 0. The molecule has 1 aromatic rings. The maximum atomic E-state index is 4.80. The van der Waals surface area contributed by atoms with E-state index >= 15 is 0 Å². The fourth-order valence-corrected chi connectivity index (χ4v) is 0.834. The van der Waals surface area contributed by atoms with Crippen LogP contribution in [-0.4, -0.2) is 15.4 Å². The number of hydrogen-bond donors (Lipinski definition) is 4. The summed E-state index contributed by atoms with van der Waals surface area (Å²) in [5.74, 6) is 0. The van der Waals surface area contributed by atoms with Crippen LogP contribution in [0.4, 0.5) is 0 Å². The molecule has 0 bridgehead atoms. The molecule has 10 heavy (non-hydrogen) atoms. The van der Waals surface area contributed by atoms with Gasteiger partial charge in [-0.1, -0.05) is 36.7 Å². The Kier molecular flexibility index (Phi) is 3.58. The van der Waals surface area contributed by atoms with Gasteiger partial charge in [0.05, 0.1) is 0 Å². The fraction of sp³-hybridized carbons (Fsp3) is 0. The van der Waals surface area contributed by atoms with Crippen molar-refractivity contribution in [3.05, 3.63) is 13.8 Å². The normalized spacial score (nSPS) is 8.40. The largest absolute Gasteiger partial charge is 0.344 e. The van der Waals surface area contributed by atoms with Crippen molar-refractivity contribution < 1.29 is 0 Å². The zero-order chi connectivity index (χ0) is 6.85. The van der Waals surface area contributed by atoms with Crippen molar-refractivity contribution in [2.75, 3.05) is 0 Å². The molecular weight excluding hydrogens is 188 g/mol. The predicted molar refractivity (Wildman–Crippen MR) is 47.0 cm³/mol. The Morgan fingerprint density at radius 2 is 1.30 bits per heavy atom. The van der Waals surface area contributed by atoms with E-state index in [1.165, 1.54) is 0 Å². The van der Waals surface area contributed by atoms with E-state index < -0.39 is 0 Å². The van der Waals surface area contributed by atoms with Gasteiger partial charge < -0.3 is 6.15 Å². The average molecular weight is 194 g/mol. The lowest BCUT2D eigenvalue weighted by Gasteiger charge is -1.84. The molecule has 0 aliphatic heterocycles. The lowest BCUT2D eigenvalue weighted by Crippen LogP contribution is -1.86. The van der Waals surface area contributed by atoms with Crippen LogP contribution >= 0.6 is 36.7 Å². The highest BCUT2D eigenvalue weighted by Gasteiger charge is 1.81. The van der Waals surface area contributed by atoms with Crippen molar-refractivity contribution in [1.82, 2.24) is 21.6 Å². The molecule has 0 fully saturated rings. The first-order valence-corrected chi connectivity index (χ1v) is 3.34. The zero-order valence-electron chi connectivity index (χ0n) is 4.93. The van der Waals surface area contributed by atoms with Crippen molar-refractivity contribution in [3.8, 4) is 0 Å². The number of H-pyrrole nitrogens is 3. The monoisotopic (exact) mass is 194 g/mol. The molecule has 6 N–H and O–H groups in total. The standard InChI is InChI=1S/C3H3N3S3.H3N/c7-1-2(8)4-6-5-3(1)9;/h(H,6,7)(H2,4,5,8,9);1H3. The Bertz CT molecular complexity index is 325. The van der Waals surface area contributed by atoms with E-state index in [2.05, 4.69) is 15.4 Å². The van der Waals surface area contributed by atoms with Gasteiger partial charge in [-0.3, -0.25) is 10.2 Å². The minimum atomic E-state index is 0. The zero-order valence-corrected chi connectivity index (χ0v) is 7.38. The van der Waals surface area contributed by atoms with Crippen molar-refractivity contribution in [2.45, 2.75) is 0 Å². The summed E-state index contributed by atoms with van der Waals surface area (Å²) in [6.07, 6.45) is 0. The van der Waals surface area contributed by atoms with Crippen LogP contribution in [0.3, 0.4) is 0 Å². The van der Waals surface area contributed by atoms with E-state index in [1.807, 2.05) is 0 Å². The Labute approximate surface area is 72.2 Å². The van der Waals surface area contributed by atoms with Gasteiger partial charge in [-0.2, -0.15) is 0 Å². The molecule has 7 heteroatoms. The molecule has 4 nitrogen and oxygen atoms in total. The van der Waals surface area contributed by atoms with Crippen molar-refractivity contribution in [1.29, 1.82) is 0 Å². The first-order chi connectivity index (χ1) is 4.22. The molecular formula is C3H6N4S3. The van der Waals surface area contributed by atoms with E-state index in [0.29, 0.717) is 13.8 Å². The van der Waals surface area contributed by atoms with Gasteiger partial charge in [0.25, 0.3) is 0 Å². The highest BCUT2D eigenvalue weighted by atomic mass is 32.1. The summed E-state index contributed by atoms with van der Waals surface area (Å²) < 4.78 is 1.42. The number of rotatable bonds is 0. The van der Waals surface area contributed by atoms with Crippen LogP contribution in [-0.2, 0) is 0 Å². The van der Waals surface area contributed by atoms with Gasteiger partial charge in [0.1, 0.15) is 13.8 Å². The second-order valence-corrected chi connectivity index (χ2v) is 2.59. The highest BCUT2D eigenvalue weighted by Crippen LogP contribution is 1.88. The van der Waals surface area contributed by atoms with Crippen LogP contribution < -0.4 is 6.15 Å². The molecule has 1 aromatic heterocycles. The molecule has 0 spiro atoms. The molecule has 0 atom stereocenters. The second kappa shape index (κ2) is 3.71. The van der Waals surface area contributed by atoms with E-state index in [0.717, 1.165) is 0 Å². The van der Waals surface area contributed by atoms with E-state index in [1.54, 1.807) is 0 Å². The van der Waals surface area contributed by atoms with Crippen LogP contribution in [0, 0.1) is 13.8 Å². The van der Waals surface area contributed by atoms with Crippen LogP contribution in [0.2, 0.25) is 0 Å². The van der Waals surface area contributed by atoms with Crippen LogP contribution in [0.15, 0.2) is 0 Å². The number of aromatic amines is 3. The Hall–Kier alpha value is -0.370.